The number of carbonyl (C=O) groups excluding carboxylic acids is 2. The van der Waals surface area contributed by atoms with Gasteiger partial charge in [-0.1, -0.05) is 63.3 Å². The van der Waals surface area contributed by atoms with E-state index < -0.39 is 12.4 Å². The number of nitrogens with one attached hydrogen (secondary N) is 1. The van der Waals surface area contributed by atoms with Crippen LogP contribution < -0.4 is 4.74 Å². The summed E-state index contributed by atoms with van der Waals surface area (Å²) in [5.74, 6) is 0.700. The summed E-state index contributed by atoms with van der Waals surface area (Å²) in [5, 5.41) is 1.11. The summed E-state index contributed by atoms with van der Waals surface area (Å²) in [5.41, 5.74) is 2.22. The van der Waals surface area contributed by atoms with Crippen molar-refractivity contribution in [2.75, 3.05) is 20.2 Å². The Kier molecular flexibility index (Phi) is 14.4. The van der Waals surface area contributed by atoms with E-state index in [-0.39, 0.29) is 11.9 Å². The van der Waals surface area contributed by atoms with Crippen molar-refractivity contribution in [3.8, 4) is 5.75 Å². The molecule has 2 heterocycles. The molecule has 226 valence electrons. The first-order chi connectivity index (χ1) is 20.0. The van der Waals surface area contributed by atoms with E-state index in [2.05, 4.69) is 36.2 Å². The van der Waals surface area contributed by atoms with Gasteiger partial charge >= 0.3 is 12.1 Å². The zero-order valence-electron chi connectivity index (χ0n) is 25.4. The Morgan fingerprint density at radius 1 is 1.00 bits per heavy atom. The molecule has 1 aliphatic heterocycles. The van der Waals surface area contributed by atoms with Crippen LogP contribution in [0.2, 0.25) is 0 Å². The van der Waals surface area contributed by atoms with Crippen molar-refractivity contribution in [3.63, 3.8) is 0 Å². The third kappa shape index (κ3) is 11.3. The van der Waals surface area contributed by atoms with Gasteiger partial charge in [0.15, 0.2) is 0 Å². The van der Waals surface area contributed by atoms with Crippen LogP contribution in [-0.2, 0) is 14.3 Å². The minimum Gasteiger partial charge on any atom is -0.497 e. The maximum atomic E-state index is 12.7. The van der Waals surface area contributed by atoms with Crippen molar-refractivity contribution >= 4 is 23.0 Å². The number of H-pyrrole nitrogens is 1. The second-order valence-corrected chi connectivity index (χ2v) is 11.0. The molecule has 1 amide bonds. The number of benzene rings is 1. The topological polar surface area (TPSA) is 80.9 Å². The van der Waals surface area contributed by atoms with Crippen molar-refractivity contribution in [3.05, 3.63) is 54.3 Å². The molecule has 1 aromatic carbocycles. The normalized spacial score (nSPS) is 16.2. The molecule has 7 heteroatoms. The summed E-state index contributed by atoms with van der Waals surface area (Å²) in [6.45, 7) is 5.01. The molecular weight excluding hydrogens is 516 g/mol. The molecule has 0 radical (unpaired) electrons. The molecule has 2 aromatic rings. The van der Waals surface area contributed by atoms with E-state index in [1.807, 2.05) is 24.4 Å². The first-order valence-electron chi connectivity index (χ1n) is 15.6. The van der Waals surface area contributed by atoms with Gasteiger partial charge in [0.05, 0.1) is 7.11 Å². The number of hydrogen-bond donors (Lipinski definition) is 1. The van der Waals surface area contributed by atoms with Crippen molar-refractivity contribution in [1.29, 1.82) is 0 Å². The van der Waals surface area contributed by atoms with E-state index in [4.69, 9.17) is 14.2 Å². The molecule has 2 unspecified atom stereocenters. The number of esters is 1. The minimum absolute atomic E-state index is 0.208. The summed E-state index contributed by atoms with van der Waals surface area (Å²) in [6.07, 6.45) is 23.5. The summed E-state index contributed by atoms with van der Waals surface area (Å²) < 4.78 is 16.1. The fourth-order valence-electron chi connectivity index (χ4n) is 5.33. The molecule has 1 fully saturated rings. The van der Waals surface area contributed by atoms with Gasteiger partial charge < -0.3 is 24.1 Å². The maximum absolute atomic E-state index is 12.7. The SMILES string of the molecule is CCCCC/C=C\C/C=C\CCCCCCCC(=O)OC(C)OC(=O)N1CCC(c2c[nH]c3ccc(OC)cc23)C1. The van der Waals surface area contributed by atoms with Gasteiger partial charge in [0.2, 0.25) is 6.29 Å². The Morgan fingerprint density at radius 3 is 2.49 bits per heavy atom. The van der Waals surface area contributed by atoms with Crippen molar-refractivity contribution < 1.29 is 23.8 Å². The molecule has 7 nitrogen and oxygen atoms in total. The lowest BCUT2D eigenvalue weighted by Gasteiger charge is -2.20. The Hall–Kier alpha value is -3.22. The fraction of sp³-hybridized carbons (Fsp3) is 0.588. The van der Waals surface area contributed by atoms with Crippen LogP contribution in [0.15, 0.2) is 48.7 Å². The van der Waals surface area contributed by atoms with Gasteiger partial charge in [0.25, 0.3) is 0 Å². The van der Waals surface area contributed by atoms with Gasteiger partial charge in [-0.3, -0.25) is 4.79 Å². The number of methoxy groups -OCH3 is 1. The van der Waals surface area contributed by atoms with Crippen molar-refractivity contribution in [2.45, 2.75) is 110 Å². The standard InChI is InChI=1S/C34H50N2O5/c1-4-5-6-7-8-9-10-11-12-13-14-15-16-17-18-19-33(37)40-27(2)41-34(38)36-23-22-28(26-36)31-25-35-32-21-20-29(39-3)24-30(31)32/h8-9,11-12,20-21,24-25,27-28,35H,4-7,10,13-19,22-23,26H2,1-3H3/b9-8-,12-11-. The monoisotopic (exact) mass is 566 g/mol. The molecule has 1 aromatic heterocycles. The van der Waals surface area contributed by atoms with Crippen LogP contribution in [0.1, 0.15) is 109 Å². The molecule has 0 bridgehead atoms. The Labute approximate surface area is 246 Å². The van der Waals surface area contributed by atoms with Crippen molar-refractivity contribution in [2.24, 2.45) is 0 Å². The molecule has 0 saturated carbocycles. The van der Waals surface area contributed by atoms with E-state index in [0.717, 1.165) is 55.2 Å². The average molecular weight is 567 g/mol. The molecule has 0 spiro atoms. The van der Waals surface area contributed by atoms with Crippen LogP contribution in [-0.4, -0.2) is 48.4 Å². The van der Waals surface area contributed by atoms with Gasteiger partial charge in [-0.05, 0) is 68.7 Å². The van der Waals surface area contributed by atoms with Crippen LogP contribution >= 0.6 is 0 Å². The first-order valence-corrected chi connectivity index (χ1v) is 15.6. The summed E-state index contributed by atoms with van der Waals surface area (Å²) in [6, 6.07) is 5.96. The van der Waals surface area contributed by atoms with Crippen LogP contribution in [0.4, 0.5) is 4.79 Å². The minimum atomic E-state index is -0.899. The van der Waals surface area contributed by atoms with Crippen molar-refractivity contribution in [1.82, 2.24) is 9.88 Å². The molecular formula is C34H50N2O5. The lowest BCUT2D eigenvalue weighted by atomic mass is 9.98. The number of rotatable bonds is 18. The number of fused-ring (bicyclic) bond motifs is 1. The number of hydrogen-bond acceptors (Lipinski definition) is 5. The molecule has 0 aliphatic carbocycles. The number of carbonyl (C=O) groups is 2. The summed E-state index contributed by atoms with van der Waals surface area (Å²) in [7, 11) is 1.66. The number of amides is 1. The third-order valence-corrected chi connectivity index (χ3v) is 7.70. The predicted octanol–water partition coefficient (Wildman–Crippen LogP) is 8.81. The lowest BCUT2D eigenvalue weighted by Crippen LogP contribution is -2.33. The van der Waals surface area contributed by atoms with Gasteiger partial charge in [-0.25, -0.2) is 4.79 Å². The summed E-state index contributed by atoms with van der Waals surface area (Å²) >= 11 is 0. The second-order valence-electron chi connectivity index (χ2n) is 11.0. The van der Waals surface area contributed by atoms with Gasteiger partial charge in [-0.2, -0.15) is 0 Å². The number of nitrogens with zero attached hydrogens (tertiary/aromatic N) is 1. The Morgan fingerprint density at radius 2 is 1.73 bits per heavy atom. The molecule has 1 saturated heterocycles. The third-order valence-electron chi connectivity index (χ3n) is 7.70. The molecule has 1 aliphatic rings. The maximum Gasteiger partial charge on any atom is 0.412 e. The second kappa shape index (κ2) is 18.3. The van der Waals surface area contributed by atoms with E-state index in [1.165, 1.54) is 44.1 Å². The first kappa shape index (κ1) is 32.3. The van der Waals surface area contributed by atoms with Gasteiger partial charge in [0, 0.05) is 49.5 Å². The fourth-order valence-corrected chi connectivity index (χ4v) is 5.33. The predicted molar refractivity (Wildman–Crippen MR) is 165 cm³/mol. The molecule has 1 N–H and O–H groups in total. The van der Waals surface area contributed by atoms with E-state index in [9.17, 15) is 9.59 Å². The van der Waals surface area contributed by atoms with Crippen LogP contribution in [0.3, 0.4) is 0 Å². The Balaban J connectivity index is 1.23. The van der Waals surface area contributed by atoms with E-state index in [0.29, 0.717) is 19.5 Å². The molecule has 3 rings (SSSR count). The Bertz CT molecular complexity index is 1120. The van der Waals surface area contributed by atoms with E-state index >= 15 is 0 Å². The average Bonchev–Trinajstić information content (AvgIpc) is 3.62. The highest BCUT2D eigenvalue weighted by Crippen LogP contribution is 2.34. The highest BCUT2D eigenvalue weighted by atomic mass is 16.7. The van der Waals surface area contributed by atoms with Crippen LogP contribution in [0.5, 0.6) is 5.75 Å². The number of likely N-dealkylation sites (tertiary alicyclic amines) is 1. The number of allylic oxidation sites excluding steroid dienone is 4. The molecule has 2 atom stereocenters. The highest BCUT2D eigenvalue weighted by molar-refractivity contribution is 5.85. The van der Waals surface area contributed by atoms with E-state index in [1.54, 1.807) is 18.9 Å². The number of aromatic nitrogens is 1. The lowest BCUT2D eigenvalue weighted by molar-refractivity contribution is -0.166. The van der Waals surface area contributed by atoms with Gasteiger partial charge in [0.1, 0.15) is 5.75 Å². The number of aromatic amines is 1. The quantitative estimate of drug-likeness (QED) is 0.0844. The largest absolute Gasteiger partial charge is 0.497 e. The molecule has 41 heavy (non-hydrogen) atoms. The summed E-state index contributed by atoms with van der Waals surface area (Å²) in [4.78, 5) is 29.9. The van der Waals surface area contributed by atoms with Crippen LogP contribution in [0.25, 0.3) is 10.9 Å². The zero-order valence-corrected chi connectivity index (χ0v) is 25.4. The number of unbranched alkanes of at least 4 members (excludes halogenated alkanes) is 8. The highest BCUT2D eigenvalue weighted by Gasteiger charge is 2.31. The van der Waals surface area contributed by atoms with Gasteiger partial charge in [-0.15, -0.1) is 0 Å². The smallest absolute Gasteiger partial charge is 0.412 e. The zero-order chi connectivity index (χ0) is 29.3. The number of ether oxygens (including phenoxy) is 3. The van der Waals surface area contributed by atoms with Crippen LogP contribution in [0, 0.1) is 0 Å².